The van der Waals surface area contributed by atoms with Crippen molar-refractivity contribution in [2.75, 3.05) is 0 Å². The summed E-state index contributed by atoms with van der Waals surface area (Å²) in [4.78, 5) is 15.5. The highest BCUT2D eigenvalue weighted by Crippen LogP contribution is 2.38. The Hall–Kier alpha value is -6.69. The van der Waals surface area contributed by atoms with E-state index >= 15 is 0 Å². The van der Waals surface area contributed by atoms with Crippen LogP contribution >= 0.6 is 11.3 Å². The van der Waals surface area contributed by atoms with Gasteiger partial charge in [-0.1, -0.05) is 121 Å². The van der Waals surface area contributed by atoms with Gasteiger partial charge < -0.3 is 4.42 Å². The summed E-state index contributed by atoms with van der Waals surface area (Å²) in [6, 6.07) is 57.5. The van der Waals surface area contributed by atoms with E-state index in [0.717, 1.165) is 60.5 Å². The average molecular weight is 682 g/mol. The molecule has 0 aliphatic heterocycles. The molecule has 11 rings (SSSR count). The first-order valence-electron chi connectivity index (χ1n) is 17.3. The van der Waals surface area contributed by atoms with Crippen LogP contribution in [-0.4, -0.2) is 15.0 Å². The Morgan fingerprint density at radius 1 is 0.365 bits per heavy atom. The summed E-state index contributed by atoms with van der Waals surface area (Å²) in [5.41, 5.74) is 6.83. The number of thiophene rings is 1. The van der Waals surface area contributed by atoms with Crippen LogP contribution in [0.4, 0.5) is 0 Å². The molecule has 5 heteroatoms. The molecule has 0 amide bonds. The molecule has 0 unspecified atom stereocenters. The SMILES string of the molecule is c1ccc2c(c1)ccc1cccc(-c3nc(-c4ccc(-c5ccc6c(c5)oc5ccccc56)cc4)nc(-c4ccc5sc6ccccc6c5c4)n3)c12. The first-order valence-corrected chi connectivity index (χ1v) is 18.2. The van der Waals surface area contributed by atoms with Crippen LogP contribution in [-0.2, 0) is 0 Å². The lowest BCUT2D eigenvalue weighted by atomic mass is 9.97. The Balaban J connectivity index is 1.08. The van der Waals surface area contributed by atoms with Gasteiger partial charge in [-0.3, -0.25) is 0 Å². The summed E-state index contributed by atoms with van der Waals surface area (Å²) in [6.07, 6.45) is 0. The highest BCUT2D eigenvalue weighted by atomic mass is 32.1. The normalized spacial score (nSPS) is 11.8. The number of para-hydroxylation sites is 1. The summed E-state index contributed by atoms with van der Waals surface area (Å²) in [6.45, 7) is 0. The van der Waals surface area contributed by atoms with Crippen molar-refractivity contribution in [2.24, 2.45) is 0 Å². The number of fused-ring (bicyclic) bond motifs is 9. The van der Waals surface area contributed by atoms with E-state index in [2.05, 4.69) is 146 Å². The second-order valence-corrected chi connectivity index (χ2v) is 14.3. The number of hydrogen-bond acceptors (Lipinski definition) is 5. The third-order valence-electron chi connectivity index (χ3n) is 10.1. The highest BCUT2D eigenvalue weighted by Gasteiger charge is 2.17. The van der Waals surface area contributed by atoms with Crippen LogP contribution in [0, 0.1) is 0 Å². The zero-order valence-corrected chi connectivity index (χ0v) is 28.6. The first-order chi connectivity index (χ1) is 25.7. The number of rotatable bonds is 4. The van der Waals surface area contributed by atoms with Gasteiger partial charge in [-0.05, 0) is 69.8 Å². The Bertz CT molecular complexity index is 3190. The topological polar surface area (TPSA) is 51.8 Å². The van der Waals surface area contributed by atoms with Gasteiger partial charge in [-0.25, -0.2) is 15.0 Å². The van der Waals surface area contributed by atoms with Crippen molar-refractivity contribution in [1.29, 1.82) is 0 Å². The maximum Gasteiger partial charge on any atom is 0.164 e. The second kappa shape index (κ2) is 11.4. The van der Waals surface area contributed by atoms with E-state index in [0.29, 0.717) is 17.5 Å². The molecule has 0 spiro atoms. The predicted molar refractivity (Wildman–Crippen MR) is 217 cm³/mol. The number of hydrogen-bond donors (Lipinski definition) is 0. The summed E-state index contributed by atoms with van der Waals surface area (Å²) in [7, 11) is 0. The molecule has 0 bridgehead atoms. The van der Waals surface area contributed by atoms with Gasteiger partial charge >= 0.3 is 0 Å². The average Bonchev–Trinajstić information content (AvgIpc) is 3.78. The maximum absolute atomic E-state index is 6.19. The molecule has 0 N–H and O–H groups in total. The molecule has 0 fully saturated rings. The fraction of sp³-hybridized carbons (Fsp3) is 0. The van der Waals surface area contributed by atoms with E-state index in [1.165, 1.54) is 30.9 Å². The third kappa shape index (κ3) is 4.64. The smallest absolute Gasteiger partial charge is 0.164 e. The monoisotopic (exact) mass is 681 g/mol. The quantitative estimate of drug-likeness (QED) is 0.174. The molecular weight excluding hydrogens is 655 g/mol. The lowest BCUT2D eigenvalue weighted by Crippen LogP contribution is -2.00. The van der Waals surface area contributed by atoms with Crippen LogP contribution in [0.1, 0.15) is 0 Å². The molecule has 52 heavy (non-hydrogen) atoms. The minimum atomic E-state index is 0.631. The molecule has 0 atom stereocenters. The van der Waals surface area contributed by atoms with Crippen LogP contribution in [0.25, 0.3) is 109 Å². The van der Waals surface area contributed by atoms with Crippen molar-refractivity contribution in [2.45, 2.75) is 0 Å². The molecule has 242 valence electrons. The molecule has 0 aliphatic rings. The van der Waals surface area contributed by atoms with Crippen molar-refractivity contribution in [1.82, 2.24) is 15.0 Å². The van der Waals surface area contributed by atoms with E-state index < -0.39 is 0 Å². The van der Waals surface area contributed by atoms with Crippen molar-refractivity contribution >= 4 is 75.0 Å². The van der Waals surface area contributed by atoms with Gasteiger partial charge in [0, 0.05) is 53.0 Å². The molecule has 0 aliphatic carbocycles. The van der Waals surface area contributed by atoms with E-state index in [-0.39, 0.29) is 0 Å². The van der Waals surface area contributed by atoms with E-state index in [1.54, 1.807) is 0 Å². The fourth-order valence-corrected chi connectivity index (χ4v) is 8.67. The molecule has 11 aromatic rings. The van der Waals surface area contributed by atoms with Gasteiger partial charge in [0.1, 0.15) is 11.2 Å². The lowest BCUT2D eigenvalue weighted by Gasteiger charge is -2.12. The molecule has 0 saturated heterocycles. The van der Waals surface area contributed by atoms with Gasteiger partial charge in [-0.15, -0.1) is 11.3 Å². The van der Waals surface area contributed by atoms with Crippen molar-refractivity contribution in [3.8, 4) is 45.3 Å². The van der Waals surface area contributed by atoms with Gasteiger partial charge in [0.15, 0.2) is 17.5 Å². The molecule has 8 aromatic carbocycles. The largest absolute Gasteiger partial charge is 0.456 e. The standard InChI is InChI=1S/C47H27N3OS/c1-2-10-34-29(8-1)18-19-30-9-7-13-38(44(30)34)47-49-45(48-46(50-47)33-23-25-43-39(26-33)37-12-4-6-15-42(37)52-43)31-20-16-28(17-21-31)32-22-24-36-35-11-3-5-14-40(35)51-41(36)27-32/h1-27H. The Labute approximate surface area is 302 Å². The first kappa shape index (κ1) is 29.1. The molecular formula is C47H27N3OS. The molecule has 3 heterocycles. The maximum atomic E-state index is 6.19. The molecule has 4 nitrogen and oxygen atoms in total. The number of nitrogens with zero attached hydrogens (tertiary/aromatic N) is 3. The van der Waals surface area contributed by atoms with Gasteiger partial charge in [0.25, 0.3) is 0 Å². The van der Waals surface area contributed by atoms with Crippen LogP contribution in [0.5, 0.6) is 0 Å². The summed E-state index contributed by atoms with van der Waals surface area (Å²) < 4.78 is 8.71. The fourth-order valence-electron chi connectivity index (χ4n) is 7.58. The van der Waals surface area contributed by atoms with Gasteiger partial charge in [-0.2, -0.15) is 0 Å². The number of furan rings is 1. The van der Waals surface area contributed by atoms with E-state index in [1.807, 2.05) is 29.5 Å². The van der Waals surface area contributed by atoms with Crippen molar-refractivity contribution in [3.05, 3.63) is 164 Å². The predicted octanol–water partition coefficient (Wildman–Crippen LogP) is 13.1. The van der Waals surface area contributed by atoms with Crippen molar-refractivity contribution < 1.29 is 4.42 Å². The van der Waals surface area contributed by atoms with Gasteiger partial charge in [0.2, 0.25) is 0 Å². The van der Waals surface area contributed by atoms with Crippen LogP contribution < -0.4 is 0 Å². The summed E-state index contributed by atoms with van der Waals surface area (Å²) in [5.74, 6) is 1.93. The Kier molecular flexibility index (Phi) is 6.39. The second-order valence-electron chi connectivity index (χ2n) is 13.2. The summed E-state index contributed by atoms with van der Waals surface area (Å²) in [5, 5.41) is 9.36. The Morgan fingerprint density at radius 2 is 1.00 bits per heavy atom. The number of aromatic nitrogens is 3. The zero-order valence-electron chi connectivity index (χ0n) is 27.7. The minimum absolute atomic E-state index is 0.631. The van der Waals surface area contributed by atoms with E-state index in [4.69, 9.17) is 19.4 Å². The van der Waals surface area contributed by atoms with Crippen LogP contribution in [0.15, 0.2) is 168 Å². The van der Waals surface area contributed by atoms with Crippen LogP contribution in [0.2, 0.25) is 0 Å². The van der Waals surface area contributed by atoms with Crippen molar-refractivity contribution in [3.63, 3.8) is 0 Å². The van der Waals surface area contributed by atoms with Crippen LogP contribution in [0.3, 0.4) is 0 Å². The number of benzene rings is 8. The molecule has 3 aromatic heterocycles. The zero-order chi connectivity index (χ0) is 34.2. The highest BCUT2D eigenvalue weighted by molar-refractivity contribution is 7.25. The third-order valence-corrected chi connectivity index (χ3v) is 11.3. The van der Waals surface area contributed by atoms with Gasteiger partial charge in [0.05, 0.1) is 0 Å². The molecule has 0 saturated carbocycles. The Morgan fingerprint density at radius 3 is 1.90 bits per heavy atom. The van der Waals surface area contributed by atoms with E-state index in [9.17, 15) is 0 Å². The lowest BCUT2D eigenvalue weighted by molar-refractivity contribution is 0.669. The minimum Gasteiger partial charge on any atom is -0.456 e. The molecule has 0 radical (unpaired) electrons. The summed E-state index contributed by atoms with van der Waals surface area (Å²) >= 11 is 1.81.